The van der Waals surface area contributed by atoms with Crippen LogP contribution in [0.1, 0.15) is 33.6 Å². The van der Waals surface area contributed by atoms with Crippen LogP contribution in [0.15, 0.2) is 0 Å². The summed E-state index contributed by atoms with van der Waals surface area (Å²) in [5, 5.41) is 8.60. The van der Waals surface area contributed by atoms with E-state index in [0.717, 1.165) is 6.42 Å². The number of aliphatic carboxylic acids is 1. The third-order valence-electron chi connectivity index (χ3n) is 2.45. The lowest BCUT2D eigenvalue weighted by molar-refractivity contribution is -0.141. The van der Waals surface area contributed by atoms with Gasteiger partial charge in [-0.1, -0.05) is 6.92 Å². The molecular formula is C9H16O3. The maximum absolute atomic E-state index is 10.5. The molecule has 12 heavy (non-hydrogen) atoms. The summed E-state index contributed by atoms with van der Waals surface area (Å²) in [6.45, 7) is 5.80. The third kappa shape index (κ3) is 2.21. The van der Waals surface area contributed by atoms with Crippen molar-refractivity contribution < 1.29 is 14.6 Å². The quantitative estimate of drug-likeness (QED) is 0.656. The average Bonchev–Trinajstić information content (AvgIpc) is 2.54. The van der Waals surface area contributed by atoms with Crippen LogP contribution in [0.5, 0.6) is 0 Å². The summed E-state index contributed by atoms with van der Waals surface area (Å²) in [6, 6.07) is 0. The van der Waals surface area contributed by atoms with Crippen molar-refractivity contribution in [3.05, 3.63) is 0 Å². The lowest BCUT2D eigenvalue weighted by Crippen LogP contribution is -2.11. The highest BCUT2D eigenvalue weighted by Crippen LogP contribution is 2.38. The van der Waals surface area contributed by atoms with Crippen LogP contribution < -0.4 is 0 Å². The SMILES string of the molecule is C[C@@H](CCC1OC1(C)C)C(=O)O. The first-order valence-electron chi connectivity index (χ1n) is 4.34. The van der Waals surface area contributed by atoms with Crippen LogP contribution >= 0.6 is 0 Å². The minimum absolute atomic E-state index is 0.00176. The highest BCUT2D eigenvalue weighted by atomic mass is 16.6. The first-order chi connectivity index (χ1) is 5.43. The summed E-state index contributed by atoms with van der Waals surface area (Å²) in [5.41, 5.74) is -0.00176. The first-order valence-corrected chi connectivity index (χ1v) is 4.34. The van der Waals surface area contributed by atoms with Gasteiger partial charge in [-0.15, -0.1) is 0 Å². The molecular weight excluding hydrogens is 156 g/mol. The minimum atomic E-state index is -0.714. The number of carboxylic acids is 1. The summed E-state index contributed by atoms with van der Waals surface area (Å²) < 4.78 is 5.34. The van der Waals surface area contributed by atoms with E-state index >= 15 is 0 Å². The van der Waals surface area contributed by atoms with Gasteiger partial charge in [-0.3, -0.25) is 4.79 Å². The average molecular weight is 172 g/mol. The van der Waals surface area contributed by atoms with Crippen LogP contribution in [-0.2, 0) is 9.53 Å². The molecule has 1 aliphatic rings. The molecule has 0 saturated carbocycles. The summed E-state index contributed by atoms with van der Waals surface area (Å²) in [6.07, 6.45) is 1.85. The third-order valence-corrected chi connectivity index (χ3v) is 2.45. The zero-order valence-corrected chi connectivity index (χ0v) is 7.83. The molecule has 1 saturated heterocycles. The lowest BCUT2D eigenvalue weighted by Gasteiger charge is -2.03. The van der Waals surface area contributed by atoms with Crippen molar-refractivity contribution >= 4 is 5.97 Å². The number of carbonyl (C=O) groups is 1. The van der Waals surface area contributed by atoms with Crippen molar-refractivity contribution in [3.63, 3.8) is 0 Å². The van der Waals surface area contributed by atoms with E-state index in [1.165, 1.54) is 0 Å². The van der Waals surface area contributed by atoms with Crippen molar-refractivity contribution in [1.29, 1.82) is 0 Å². The molecule has 1 N–H and O–H groups in total. The fraction of sp³-hybridized carbons (Fsp3) is 0.889. The van der Waals surface area contributed by atoms with Crippen LogP contribution in [0.25, 0.3) is 0 Å². The van der Waals surface area contributed by atoms with Gasteiger partial charge in [0.25, 0.3) is 0 Å². The Bertz CT molecular complexity index is 186. The molecule has 3 heteroatoms. The molecule has 0 spiro atoms. The molecule has 0 aromatic carbocycles. The minimum Gasteiger partial charge on any atom is -0.481 e. The largest absolute Gasteiger partial charge is 0.481 e. The van der Waals surface area contributed by atoms with E-state index < -0.39 is 5.97 Å². The Morgan fingerprint density at radius 3 is 2.50 bits per heavy atom. The van der Waals surface area contributed by atoms with Gasteiger partial charge in [0.05, 0.1) is 17.6 Å². The first kappa shape index (κ1) is 9.52. The Labute approximate surface area is 72.7 Å². The Hall–Kier alpha value is -0.570. The predicted molar refractivity (Wildman–Crippen MR) is 45.0 cm³/mol. The van der Waals surface area contributed by atoms with Gasteiger partial charge in [-0.2, -0.15) is 0 Å². The molecule has 1 unspecified atom stereocenters. The van der Waals surface area contributed by atoms with E-state index in [1.54, 1.807) is 6.92 Å². The second kappa shape index (κ2) is 3.05. The van der Waals surface area contributed by atoms with Gasteiger partial charge in [0.2, 0.25) is 0 Å². The Balaban J connectivity index is 2.15. The van der Waals surface area contributed by atoms with Crippen molar-refractivity contribution in [1.82, 2.24) is 0 Å². The molecule has 1 rings (SSSR count). The monoisotopic (exact) mass is 172 g/mol. The standard InChI is InChI=1S/C9H16O3/c1-6(8(10)11)4-5-7-9(2,3)12-7/h6-7H,4-5H2,1-3H3,(H,10,11)/t6-,7?/m0/s1. The normalized spacial score (nSPS) is 28.1. The molecule has 0 aromatic rings. The van der Waals surface area contributed by atoms with Gasteiger partial charge in [-0.05, 0) is 26.7 Å². The molecule has 3 nitrogen and oxygen atoms in total. The zero-order chi connectivity index (χ0) is 9.35. The number of carboxylic acid groups (broad SMARTS) is 1. The highest BCUT2D eigenvalue weighted by molar-refractivity contribution is 5.69. The fourth-order valence-corrected chi connectivity index (χ4v) is 1.26. The van der Waals surface area contributed by atoms with Gasteiger partial charge < -0.3 is 9.84 Å². The molecule has 1 aliphatic heterocycles. The van der Waals surface area contributed by atoms with Crippen molar-refractivity contribution in [2.45, 2.75) is 45.3 Å². The Morgan fingerprint density at radius 1 is 1.67 bits per heavy atom. The molecule has 1 heterocycles. The second-order valence-corrected chi connectivity index (χ2v) is 4.03. The van der Waals surface area contributed by atoms with Crippen molar-refractivity contribution in [3.8, 4) is 0 Å². The molecule has 0 radical (unpaired) electrons. The highest BCUT2D eigenvalue weighted by Gasteiger charge is 2.47. The van der Waals surface area contributed by atoms with Gasteiger partial charge in [0.15, 0.2) is 0 Å². The van der Waals surface area contributed by atoms with Crippen LogP contribution in [0.2, 0.25) is 0 Å². The second-order valence-electron chi connectivity index (χ2n) is 4.03. The van der Waals surface area contributed by atoms with E-state index in [9.17, 15) is 4.79 Å². The summed E-state index contributed by atoms with van der Waals surface area (Å²) in [4.78, 5) is 10.5. The van der Waals surface area contributed by atoms with Crippen molar-refractivity contribution in [2.24, 2.45) is 5.92 Å². The van der Waals surface area contributed by atoms with E-state index in [-0.39, 0.29) is 17.6 Å². The van der Waals surface area contributed by atoms with Crippen LogP contribution in [0, 0.1) is 5.92 Å². The predicted octanol–water partition coefficient (Wildman–Crippen LogP) is 1.66. The number of epoxide rings is 1. The van der Waals surface area contributed by atoms with Gasteiger partial charge >= 0.3 is 5.97 Å². The van der Waals surface area contributed by atoms with E-state index in [1.807, 2.05) is 13.8 Å². The zero-order valence-electron chi connectivity index (χ0n) is 7.83. The molecule has 0 aromatic heterocycles. The molecule has 2 atom stereocenters. The number of hydrogen-bond acceptors (Lipinski definition) is 2. The topological polar surface area (TPSA) is 49.8 Å². The Morgan fingerprint density at radius 2 is 2.17 bits per heavy atom. The van der Waals surface area contributed by atoms with Gasteiger partial charge in [0, 0.05) is 0 Å². The van der Waals surface area contributed by atoms with Gasteiger partial charge in [0.1, 0.15) is 0 Å². The van der Waals surface area contributed by atoms with E-state index in [0.29, 0.717) is 6.42 Å². The van der Waals surface area contributed by atoms with E-state index in [2.05, 4.69) is 0 Å². The molecule has 70 valence electrons. The van der Waals surface area contributed by atoms with E-state index in [4.69, 9.17) is 9.84 Å². The summed E-state index contributed by atoms with van der Waals surface area (Å²) in [5.74, 6) is -0.960. The lowest BCUT2D eigenvalue weighted by atomic mass is 10.00. The van der Waals surface area contributed by atoms with Crippen LogP contribution in [-0.4, -0.2) is 22.8 Å². The summed E-state index contributed by atoms with van der Waals surface area (Å²) >= 11 is 0. The number of hydrogen-bond donors (Lipinski definition) is 1. The number of rotatable bonds is 4. The van der Waals surface area contributed by atoms with Crippen molar-refractivity contribution in [2.75, 3.05) is 0 Å². The number of ether oxygens (including phenoxy) is 1. The smallest absolute Gasteiger partial charge is 0.306 e. The van der Waals surface area contributed by atoms with Crippen LogP contribution in [0.3, 0.4) is 0 Å². The Kier molecular flexibility index (Phi) is 2.42. The molecule has 1 fully saturated rings. The van der Waals surface area contributed by atoms with Gasteiger partial charge in [-0.25, -0.2) is 0 Å². The molecule has 0 aliphatic carbocycles. The molecule has 0 amide bonds. The van der Waals surface area contributed by atoms with Crippen LogP contribution in [0.4, 0.5) is 0 Å². The summed E-state index contributed by atoms with van der Waals surface area (Å²) in [7, 11) is 0. The molecule has 0 bridgehead atoms. The fourth-order valence-electron chi connectivity index (χ4n) is 1.26. The maximum atomic E-state index is 10.5. The maximum Gasteiger partial charge on any atom is 0.306 e.